The van der Waals surface area contributed by atoms with E-state index in [0.717, 1.165) is 22.6 Å². The van der Waals surface area contributed by atoms with Gasteiger partial charge in [-0.25, -0.2) is 4.79 Å². The number of fused-ring (bicyclic) bond motifs is 3. The molecule has 1 atom stereocenters. The fraction of sp³-hybridized carbons (Fsp3) is 0.318. The molecule has 1 aromatic carbocycles. The Morgan fingerprint density at radius 1 is 1.24 bits per heavy atom. The second-order valence-corrected chi connectivity index (χ2v) is 8.35. The lowest BCUT2D eigenvalue weighted by Gasteiger charge is -2.38. The van der Waals surface area contributed by atoms with Crippen LogP contribution in [0.3, 0.4) is 0 Å². The Balaban J connectivity index is 1.96. The summed E-state index contributed by atoms with van der Waals surface area (Å²) in [7, 11) is 1.62. The molecule has 0 radical (unpaired) electrons. The number of hydrogen-bond donors (Lipinski definition) is 1. The number of ether oxygens (including phenoxy) is 1. The number of hydrogen-bond acceptors (Lipinski definition) is 4. The zero-order valence-electron chi connectivity index (χ0n) is 16.8. The number of methoxy groups -OCH3 is 1. The molecule has 1 aliphatic rings. The molecule has 0 unspecified atom stereocenters. The molecule has 29 heavy (non-hydrogen) atoms. The van der Waals surface area contributed by atoms with Crippen LogP contribution in [0.15, 0.2) is 47.5 Å². The lowest BCUT2D eigenvalue weighted by Crippen LogP contribution is -2.35. The molecule has 3 heterocycles. The third-order valence-electron chi connectivity index (χ3n) is 5.47. The van der Waals surface area contributed by atoms with Gasteiger partial charge in [-0.15, -0.1) is 0 Å². The van der Waals surface area contributed by atoms with Crippen LogP contribution in [0.2, 0.25) is 0 Å². The standard InChI is InChI=1S/C22H23N3O4/c1-22(2,3)19-12-25-20(17-9-18(26)16(21(27)28)11-24(17)19)15(10-23-25)13-5-7-14(29-4)8-6-13/h5-11,19H,12H2,1-4H3,(H,27,28)/t19-/m0/s1. The highest BCUT2D eigenvalue weighted by atomic mass is 16.5. The Bertz CT molecular complexity index is 1150. The molecule has 0 bridgehead atoms. The first-order valence-electron chi connectivity index (χ1n) is 9.41. The molecule has 7 nitrogen and oxygen atoms in total. The van der Waals surface area contributed by atoms with Crippen LogP contribution in [0, 0.1) is 5.41 Å². The lowest BCUT2D eigenvalue weighted by molar-refractivity contribution is 0.0693. The van der Waals surface area contributed by atoms with E-state index in [1.165, 1.54) is 12.3 Å². The highest BCUT2D eigenvalue weighted by molar-refractivity contribution is 5.88. The molecule has 150 valence electrons. The predicted molar refractivity (Wildman–Crippen MR) is 109 cm³/mol. The third kappa shape index (κ3) is 3.12. The van der Waals surface area contributed by atoms with Gasteiger partial charge in [-0.2, -0.15) is 5.10 Å². The molecular weight excluding hydrogens is 370 g/mol. The van der Waals surface area contributed by atoms with Crippen LogP contribution >= 0.6 is 0 Å². The number of pyridine rings is 1. The van der Waals surface area contributed by atoms with Crippen molar-refractivity contribution < 1.29 is 14.6 Å². The summed E-state index contributed by atoms with van der Waals surface area (Å²) in [5.74, 6) is -0.460. The Labute approximate surface area is 168 Å². The maximum absolute atomic E-state index is 12.5. The van der Waals surface area contributed by atoms with Crippen LogP contribution in [-0.4, -0.2) is 32.5 Å². The van der Waals surface area contributed by atoms with Crippen molar-refractivity contribution in [2.24, 2.45) is 5.41 Å². The summed E-state index contributed by atoms with van der Waals surface area (Å²) in [6, 6.07) is 9.01. The van der Waals surface area contributed by atoms with E-state index in [1.807, 2.05) is 33.5 Å². The number of rotatable bonds is 3. The molecule has 0 saturated heterocycles. The molecule has 3 aromatic rings. The van der Waals surface area contributed by atoms with Crippen molar-refractivity contribution in [2.45, 2.75) is 33.4 Å². The van der Waals surface area contributed by atoms with Gasteiger partial charge < -0.3 is 14.4 Å². The molecule has 0 fully saturated rings. The summed E-state index contributed by atoms with van der Waals surface area (Å²) in [6.07, 6.45) is 3.27. The van der Waals surface area contributed by atoms with Gasteiger partial charge in [0, 0.05) is 17.8 Å². The van der Waals surface area contributed by atoms with Gasteiger partial charge >= 0.3 is 5.97 Å². The number of carbonyl (C=O) groups is 1. The number of carboxylic acid groups (broad SMARTS) is 1. The van der Waals surface area contributed by atoms with Crippen LogP contribution in [0.25, 0.3) is 22.5 Å². The minimum Gasteiger partial charge on any atom is -0.497 e. The zero-order valence-corrected chi connectivity index (χ0v) is 16.8. The van der Waals surface area contributed by atoms with Crippen LogP contribution in [0.1, 0.15) is 37.2 Å². The summed E-state index contributed by atoms with van der Waals surface area (Å²) in [6.45, 7) is 6.88. The molecule has 7 heteroatoms. The molecular formula is C22H23N3O4. The minimum atomic E-state index is -1.22. The molecule has 1 N–H and O–H groups in total. The van der Waals surface area contributed by atoms with Gasteiger partial charge in [0.1, 0.15) is 11.3 Å². The average Bonchev–Trinajstić information content (AvgIpc) is 3.10. The van der Waals surface area contributed by atoms with Crippen molar-refractivity contribution in [3.05, 3.63) is 58.5 Å². The molecule has 0 saturated carbocycles. The van der Waals surface area contributed by atoms with Crippen molar-refractivity contribution in [2.75, 3.05) is 7.11 Å². The van der Waals surface area contributed by atoms with E-state index >= 15 is 0 Å². The van der Waals surface area contributed by atoms with E-state index in [0.29, 0.717) is 12.2 Å². The maximum Gasteiger partial charge on any atom is 0.341 e. The molecule has 0 spiro atoms. The van der Waals surface area contributed by atoms with Gasteiger partial charge in [0.2, 0.25) is 0 Å². The molecule has 2 aromatic heterocycles. The molecule has 1 aliphatic heterocycles. The van der Waals surface area contributed by atoms with Crippen LogP contribution < -0.4 is 10.2 Å². The second kappa shape index (κ2) is 6.62. The fourth-order valence-corrected chi connectivity index (χ4v) is 3.88. The van der Waals surface area contributed by atoms with Crippen LogP contribution in [-0.2, 0) is 6.54 Å². The van der Waals surface area contributed by atoms with E-state index in [-0.39, 0.29) is 17.0 Å². The van der Waals surface area contributed by atoms with Gasteiger partial charge in [-0.05, 0) is 23.1 Å². The van der Waals surface area contributed by atoms with Crippen molar-refractivity contribution in [3.8, 4) is 28.3 Å². The summed E-state index contributed by atoms with van der Waals surface area (Å²) >= 11 is 0. The van der Waals surface area contributed by atoms with E-state index < -0.39 is 11.4 Å². The van der Waals surface area contributed by atoms with E-state index in [9.17, 15) is 14.7 Å². The summed E-state index contributed by atoms with van der Waals surface area (Å²) in [5.41, 5.74) is 2.43. The average molecular weight is 393 g/mol. The van der Waals surface area contributed by atoms with E-state index in [1.54, 1.807) is 13.3 Å². The fourth-order valence-electron chi connectivity index (χ4n) is 3.88. The van der Waals surface area contributed by atoms with Gasteiger partial charge in [-0.1, -0.05) is 32.9 Å². The molecule has 4 rings (SSSR count). The van der Waals surface area contributed by atoms with Crippen LogP contribution in [0.5, 0.6) is 5.75 Å². The van der Waals surface area contributed by atoms with Gasteiger partial charge in [0.25, 0.3) is 0 Å². The summed E-state index contributed by atoms with van der Waals surface area (Å²) in [4.78, 5) is 24.1. The highest BCUT2D eigenvalue weighted by Gasteiger charge is 2.35. The quantitative estimate of drug-likeness (QED) is 0.733. The van der Waals surface area contributed by atoms with Crippen molar-refractivity contribution in [3.63, 3.8) is 0 Å². The Morgan fingerprint density at radius 2 is 1.93 bits per heavy atom. The van der Waals surface area contributed by atoms with E-state index in [2.05, 4.69) is 25.9 Å². The largest absolute Gasteiger partial charge is 0.497 e. The number of nitrogens with zero attached hydrogens (tertiary/aromatic N) is 3. The first-order chi connectivity index (χ1) is 13.7. The molecule has 0 aliphatic carbocycles. The van der Waals surface area contributed by atoms with Crippen molar-refractivity contribution >= 4 is 5.97 Å². The Kier molecular flexibility index (Phi) is 4.33. The monoisotopic (exact) mass is 393 g/mol. The Morgan fingerprint density at radius 3 is 2.52 bits per heavy atom. The van der Waals surface area contributed by atoms with Crippen LogP contribution in [0.4, 0.5) is 0 Å². The third-order valence-corrected chi connectivity index (χ3v) is 5.47. The number of carboxylic acids is 1. The lowest BCUT2D eigenvalue weighted by atomic mass is 9.84. The van der Waals surface area contributed by atoms with E-state index in [4.69, 9.17) is 4.74 Å². The smallest absolute Gasteiger partial charge is 0.341 e. The van der Waals surface area contributed by atoms with Gasteiger partial charge in [0.15, 0.2) is 5.43 Å². The van der Waals surface area contributed by atoms with Crippen molar-refractivity contribution in [1.29, 1.82) is 0 Å². The summed E-state index contributed by atoms with van der Waals surface area (Å²) in [5, 5.41) is 14.0. The maximum atomic E-state index is 12.5. The van der Waals surface area contributed by atoms with Gasteiger partial charge in [-0.3, -0.25) is 9.48 Å². The van der Waals surface area contributed by atoms with Crippen molar-refractivity contribution in [1.82, 2.24) is 14.3 Å². The first kappa shape index (κ1) is 19.0. The number of benzene rings is 1. The Hall–Kier alpha value is -3.35. The SMILES string of the molecule is COc1ccc(-c2cnn3c2-c2cc(=O)c(C(=O)O)cn2[C@H](C(C)(C)C)C3)cc1. The topological polar surface area (TPSA) is 86.3 Å². The summed E-state index contributed by atoms with van der Waals surface area (Å²) < 4.78 is 9.07. The normalized spacial score (nSPS) is 15.5. The minimum absolute atomic E-state index is 0.0488. The zero-order chi connectivity index (χ0) is 20.9. The number of aromatic carboxylic acids is 1. The first-order valence-corrected chi connectivity index (χ1v) is 9.41. The highest BCUT2D eigenvalue weighted by Crippen LogP contribution is 2.42. The molecule has 0 amide bonds. The number of aromatic nitrogens is 3. The van der Waals surface area contributed by atoms with Gasteiger partial charge in [0.05, 0.1) is 37.3 Å². The second-order valence-electron chi connectivity index (χ2n) is 8.35. The predicted octanol–water partition coefficient (Wildman–Crippen LogP) is 3.69.